The van der Waals surface area contributed by atoms with E-state index in [2.05, 4.69) is 15.0 Å². The topological polar surface area (TPSA) is 79.2 Å². The zero-order chi connectivity index (χ0) is 16.6. The normalized spacial score (nSPS) is 11.6. The fourth-order valence-electron chi connectivity index (χ4n) is 2.27. The molecule has 0 aliphatic rings. The van der Waals surface area contributed by atoms with Crippen molar-refractivity contribution in [2.75, 3.05) is 4.90 Å². The summed E-state index contributed by atoms with van der Waals surface area (Å²) in [6.45, 7) is 5.50. The number of aromatic nitrogens is 3. The molecule has 3 rings (SSSR count). The van der Waals surface area contributed by atoms with Crippen LogP contribution in [-0.4, -0.2) is 31.7 Å². The fourth-order valence-corrected chi connectivity index (χ4v) is 3.20. The van der Waals surface area contributed by atoms with Crippen LogP contribution in [0.2, 0.25) is 0 Å². The summed E-state index contributed by atoms with van der Waals surface area (Å²) < 4.78 is 0. The highest BCUT2D eigenvalue weighted by molar-refractivity contribution is 7.21. The van der Waals surface area contributed by atoms with Gasteiger partial charge in [0, 0.05) is 23.5 Å². The van der Waals surface area contributed by atoms with Gasteiger partial charge in [-0.3, -0.25) is 9.88 Å². The van der Waals surface area contributed by atoms with Crippen molar-refractivity contribution in [1.82, 2.24) is 15.0 Å². The Labute approximate surface area is 137 Å². The minimum atomic E-state index is -1.03. The lowest BCUT2D eigenvalue weighted by Crippen LogP contribution is -2.45. The van der Waals surface area contributed by atoms with Crippen molar-refractivity contribution in [3.8, 4) is 10.6 Å². The average Bonchev–Trinajstić information content (AvgIpc) is 2.89. The number of carbonyl (C=O) groups is 1. The summed E-state index contributed by atoms with van der Waals surface area (Å²) >= 11 is 1.42. The van der Waals surface area contributed by atoms with E-state index in [0.717, 1.165) is 16.1 Å². The van der Waals surface area contributed by atoms with Crippen molar-refractivity contribution in [3.05, 3.63) is 36.7 Å². The fraction of sp³-hybridized carbons (Fsp3) is 0.250. The molecule has 1 amide bonds. The molecule has 7 heteroatoms. The molecule has 0 aliphatic heterocycles. The van der Waals surface area contributed by atoms with Crippen LogP contribution < -0.4 is 4.90 Å². The maximum absolute atomic E-state index is 11.6. The van der Waals surface area contributed by atoms with Gasteiger partial charge < -0.3 is 5.11 Å². The first-order valence-corrected chi connectivity index (χ1v) is 7.89. The number of fused-ring (bicyclic) bond motifs is 1. The smallest absolute Gasteiger partial charge is 0.413 e. The highest BCUT2D eigenvalue weighted by atomic mass is 32.1. The molecule has 23 heavy (non-hydrogen) atoms. The molecule has 0 spiro atoms. The van der Waals surface area contributed by atoms with Crippen molar-refractivity contribution in [3.63, 3.8) is 0 Å². The SMILES string of the molecule is CC(C)(C)N(C(=O)O)c1ccc2nc(-c3cccnc3)sc2n1. The largest absolute Gasteiger partial charge is 0.465 e. The molecule has 3 aromatic heterocycles. The lowest BCUT2D eigenvalue weighted by molar-refractivity contribution is 0.195. The predicted molar refractivity (Wildman–Crippen MR) is 90.9 cm³/mol. The number of hydrogen-bond acceptors (Lipinski definition) is 5. The van der Waals surface area contributed by atoms with Crippen LogP contribution in [0, 0.1) is 0 Å². The number of amides is 1. The molecular formula is C16H16N4O2S. The molecule has 3 heterocycles. The van der Waals surface area contributed by atoms with Gasteiger partial charge in [-0.25, -0.2) is 14.8 Å². The van der Waals surface area contributed by atoms with E-state index in [-0.39, 0.29) is 0 Å². The molecule has 6 nitrogen and oxygen atoms in total. The number of rotatable bonds is 2. The van der Waals surface area contributed by atoms with Gasteiger partial charge in [0.25, 0.3) is 0 Å². The molecule has 1 N–H and O–H groups in total. The highest BCUT2D eigenvalue weighted by Gasteiger charge is 2.29. The van der Waals surface area contributed by atoms with Gasteiger partial charge in [0.15, 0.2) is 0 Å². The van der Waals surface area contributed by atoms with Gasteiger partial charge in [-0.2, -0.15) is 0 Å². The Morgan fingerprint density at radius 1 is 1.22 bits per heavy atom. The Balaban J connectivity index is 2.07. The molecule has 0 aliphatic carbocycles. The van der Waals surface area contributed by atoms with Gasteiger partial charge >= 0.3 is 6.09 Å². The van der Waals surface area contributed by atoms with Crippen molar-refractivity contribution < 1.29 is 9.90 Å². The van der Waals surface area contributed by atoms with Gasteiger partial charge in [0.1, 0.15) is 21.2 Å². The predicted octanol–water partition coefficient (Wildman–Crippen LogP) is 4.04. The second-order valence-electron chi connectivity index (χ2n) is 6.04. The third kappa shape index (κ3) is 3.00. The third-order valence-corrected chi connectivity index (χ3v) is 4.25. The first-order valence-electron chi connectivity index (χ1n) is 7.07. The van der Waals surface area contributed by atoms with Gasteiger partial charge in [-0.15, -0.1) is 0 Å². The van der Waals surface area contributed by atoms with Crippen molar-refractivity contribution in [2.24, 2.45) is 0 Å². The summed E-state index contributed by atoms with van der Waals surface area (Å²) in [5, 5.41) is 10.3. The summed E-state index contributed by atoms with van der Waals surface area (Å²) in [5.41, 5.74) is 1.09. The molecule has 0 fully saturated rings. The lowest BCUT2D eigenvalue weighted by atomic mass is 10.1. The number of nitrogens with zero attached hydrogens (tertiary/aromatic N) is 4. The summed E-state index contributed by atoms with van der Waals surface area (Å²) in [7, 11) is 0. The summed E-state index contributed by atoms with van der Waals surface area (Å²) in [6, 6.07) is 7.28. The Bertz CT molecular complexity index is 855. The van der Waals surface area contributed by atoms with Crippen LogP contribution in [0.4, 0.5) is 10.6 Å². The van der Waals surface area contributed by atoms with E-state index in [1.165, 1.54) is 16.2 Å². The zero-order valence-corrected chi connectivity index (χ0v) is 13.8. The van der Waals surface area contributed by atoms with E-state index in [1.807, 2.05) is 32.9 Å². The van der Waals surface area contributed by atoms with Gasteiger partial charge in [-0.05, 0) is 45.0 Å². The molecule has 0 atom stereocenters. The highest BCUT2D eigenvalue weighted by Crippen LogP contribution is 2.31. The average molecular weight is 328 g/mol. The number of hydrogen-bond donors (Lipinski definition) is 1. The van der Waals surface area contributed by atoms with Gasteiger partial charge in [0.2, 0.25) is 0 Å². The van der Waals surface area contributed by atoms with Crippen LogP contribution in [0.25, 0.3) is 20.9 Å². The van der Waals surface area contributed by atoms with Crippen LogP contribution >= 0.6 is 11.3 Å². The van der Waals surface area contributed by atoms with E-state index in [0.29, 0.717) is 10.6 Å². The Morgan fingerprint density at radius 3 is 2.61 bits per heavy atom. The number of pyridine rings is 2. The number of thiazole rings is 1. The summed E-state index contributed by atoms with van der Waals surface area (Å²) in [5.74, 6) is 0.402. The second kappa shape index (κ2) is 5.58. The molecule has 0 saturated carbocycles. The minimum absolute atomic E-state index is 0.402. The Kier molecular flexibility index (Phi) is 3.73. The maximum Gasteiger partial charge on any atom is 0.413 e. The Morgan fingerprint density at radius 2 is 2.00 bits per heavy atom. The quantitative estimate of drug-likeness (QED) is 0.768. The second-order valence-corrected chi connectivity index (χ2v) is 7.02. The molecule has 0 radical (unpaired) electrons. The number of carboxylic acid groups (broad SMARTS) is 1. The van der Waals surface area contributed by atoms with Crippen LogP contribution in [0.15, 0.2) is 36.7 Å². The minimum Gasteiger partial charge on any atom is -0.465 e. The van der Waals surface area contributed by atoms with E-state index in [1.54, 1.807) is 24.5 Å². The van der Waals surface area contributed by atoms with Crippen molar-refractivity contribution in [2.45, 2.75) is 26.3 Å². The number of anilines is 1. The van der Waals surface area contributed by atoms with Crippen LogP contribution in [0.5, 0.6) is 0 Å². The first-order chi connectivity index (χ1) is 10.9. The van der Waals surface area contributed by atoms with Crippen LogP contribution in [-0.2, 0) is 0 Å². The van der Waals surface area contributed by atoms with Crippen molar-refractivity contribution >= 4 is 33.6 Å². The Hall–Kier alpha value is -2.54. The lowest BCUT2D eigenvalue weighted by Gasteiger charge is -2.31. The third-order valence-electron chi connectivity index (χ3n) is 3.24. The standard InChI is InChI=1S/C16H16N4O2S/c1-16(2,3)20(15(21)22)12-7-6-11-14(19-12)23-13(18-11)10-5-4-8-17-9-10/h4-9H,1-3H3,(H,21,22). The molecule has 0 aromatic carbocycles. The molecular weight excluding hydrogens is 312 g/mol. The van der Waals surface area contributed by atoms with E-state index >= 15 is 0 Å². The van der Waals surface area contributed by atoms with Gasteiger partial charge in [-0.1, -0.05) is 11.3 Å². The molecule has 3 aromatic rings. The van der Waals surface area contributed by atoms with E-state index in [9.17, 15) is 9.90 Å². The summed E-state index contributed by atoms with van der Waals surface area (Å²) in [6.07, 6.45) is 2.43. The molecule has 118 valence electrons. The van der Waals surface area contributed by atoms with E-state index in [4.69, 9.17) is 0 Å². The molecule has 0 saturated heterocycles. The van der Waals surface area contributed by atoms with Crippen molar-refractivity contribution in [1.29, 1.82) is 0 Å². The molecule has 0 bridgehead atoms. The molecule has 0 unspecified atom stereocenters. The maximum atomic E-state index is 11.6. The summed E-state index contributed by atoms with van der Waals surface area (Å²) in [4.78, 5) is 26.7. The van der Waals surface area contributed by atoms with Crippen LogP contribution in [0.3, 0.4) is 0 Å². The zero-order valence-electron chi connectivity index (χ0n) is 13.0. The van der Waals surface area contributed by atoms with Crippen LogP contribution in [0.1, 0.15) is 20.8 Å². The first kappa shape index (κ1) is 15.4. The van der Waals surface area contributed by atoms with Gasteiger partial charge in [0.05, 0.1) is 0 Å². The monoisotopic (exact) mass is 328 g/mol. The van der Waals surface area contributed by atoms with E-state index < -0.39 is 11.6 Å².